The van der Waals surface area contributed by atoms with Crippen LogP contribution in [0.2, 0.25) is 10.6 Å². The molecule has 85 valence electrons. The maximum absolute atomic E-state index is 7.65. The van der Waals surface area contributed by atoms with Crippen LogP contribution in [-0.4, -0.2) is 9.49 Å². The molecule has 0 atom stereocenters. The SMILES string of the molecule is CCC[CH2][Cu][CH2]CCC.OC(=S)S. The first-order chi connectivity index (χ1) is 6.15. The minimum Gasteiger partial charge on any atom is -0.494 e. The van der Waals surface area contributed by atoms with Crippen LogP contribution in [0.4, 0.5) is 0 Å². The number of aliphatic hydroxyl groups excluding tert-OH is 1. The van der Waals surface area contributed by atoms with E-state index in [1.165, 1.54) is 36.3 Å². The molecule has 0 fully saturated rings. The summed E-state index contributed by atoms with van der Waals surface area (Å²) in [5, 5.41) is 10.4. The van der Waals surface area contributed by atoms with Gasteiger partial charge in [0.1, 0.15) is 0 Å². The van der Waals surface area contributed by atoms with Gasteiger partial charge in [-0.2, -0.15) is 0 Å². The van der Waals surface area contributed by atoms with E-state index in [1.54, 1.807) is 0 Å². The van der Waals surface area contributed by atoms with Crippen molar-refractivity contribution in [3.05, 3.63) is 0 Å². The first-order valence-corrected chi connectivity index (χ1v) is 6.68. The molecule has 0 amide bonds. The monoisotopic (exact) mass is 271 g/mol. The van der Waals surface area contributed by atoms with Crippen LogP contribution >= 0.6 is 24.8 Å². The van der Waals surface area contributed by atoms with Crippen molar-refractivity contribution in [1.29, 1.82) is 0 Å². The molecule has 0 spiro atoms. The molecule has 0 heterocycles. The number of hydrogen-bond acceptors (Lipinski definition) is 1. The molecule has 0 aromatic rings. The molecule has 0 saturated heterocycles. The zero-order chi connectivity index (χ0) is 10.5. The van der Waals surface area contributed by atoms with E-state index in [0.717, 1.165) is 0 Å². The molecule has 0 bridgehead atoms. The smallest absolute Gasteiger partial charge is 0.214 e. The van der Waals surface area contributed by atoms with Gasteiger partial charge in [-0.1, -0.05) is 12.6 Å². The molecule has 0 aliphatic carbocycles. The minimum atomic E-state index is -0.306. The van der Waals surface area contributed by atoms with Crippen molar-refractivity contribution >= 4 is 29.2 Å². The maximum Gasteiger partial charge on any atom is 0.214 e. The van der Waals surface area contributed by atoms with Crippen molar-refractivity contribution in [2.45, 2.75) is 50.2 Å². The summed E-state index contributed by atoms with van der Waals surface area (Å²) in [6.07, 6.45) is 5.47. The van der Waals surface area contributed by atoms with Crippen LogP contribution in [0.5, 0.6) is 0 Å². The fourth-order valence-electron chi connectivity index (χ4n) is 0.439. The van der Waals surface area contributed by atoms with Gasteiger partial charge in [-0.05, 0) is 12.2 Å². The summed E-state index contributed by atoms with van der Waals surface area (Å²) in [5.74, 6) is 0. The Morgan fingerprint density at radius 1 is 1.23 bits per heavy atom. The van der Waals surface area contributed by atoms with Crippen molar-refractivity contribution in [3.8, 4) is 0 Å². The second-order valence-corrected chi connectivity index (χ2v) is 4.97. The van der Waals surface area contributed by atoms with E-state index < -0.39 is 0 Å². The third-order valence-corrected chi connectivity index (χ3v) is 2.47. The maximum atomic E-state index is 7.65. The normalized spacial score (nSPS) is 9.15. The standard InChI is InChI=1S/2C4H9.CH2OS2.Cu/c2*1-3-4-2;2-1(3)4;/h2*1,3-4H2,2H3;(H2,2,3,4);. The van der Waals surface area contributed by atoms with Gasteiger partial charge in [-0.25, -0.2) is 0 Å². The largest absolute Gasteiger partial charge is 0.494 e. The third kappa shape index (κ3) is 32.3. The predicted molar refractivity (Wildman–Crippen MR) is 63.6 cm³/mol. The number of thiocarbonyl (C=S) groups is 1. The van der Waals surface area contributed by atoms with E-state index >= 15 is 0 Å². The fourth-order valence-corrected chi connectivity index (χ4v) is 1.81. The number of hydrogen-bond donors (Lipinski definition) is 2. The summed E-state index contributed by atoms with van der Waals surface area (Å²) in [5.41, 5.74) is 0. The van der Waals surface area contributed by atoms with Crippen LogP contribution < -0.4 is 0 Å². The van der Waals surface area contributed by atoms with E-state index in [2.05, 4.69) is 53.7 Å². The molecular weight excluding hydrogens is 252 g/mol. The molecule has 0 saturated carbocycles. The molecule has 13 heavy (non-hydrogen) atoms. The van der Waals surface area contributed by atoms with Crippen LogP contribution in [0.25, 0.3) is 0 Å². The van der Waals surface area contributed by atoms with E-state index in [4.69, 9.17) is 5.11 Å². The molecule has 0 aliphatic rings. The Morgan fingerprint density at radius 2 is 1.54 bits per heavy atom. The average molecular weight is 272 g/mol. The molecule has 4 heteroatoms. The molecule has 0 radical (unpaired) electrons. The van der Waals surface area contributed by atoms with Crippen LogP contribution in [0.1, 0.15) is 39.5 Å². The molecule has 0 aliphatic heterocycles. The van der Waals surface area contributed by atoms with Gasteiger partial charge in [0.05, 0.1) is 0 Å². The van der Waals surface area contributed by atoms with Gasteiger partial charge >= 0.3 is 65.1 Å². The Morgan fingerprint density at radius 3 is 1.77 bits per heavy atom. The number of unbranched alkanes of at least 4 members (excludes halogenated alkanes) is 2. The summed E-state index contributed by atoms with van der Waals surface area (Å²) in [6, 6.07) is 0. The van der Waals surface area contributed by atoms with E-state index in [0.29, 0.717) is 0 Å². The molecular formula is C9H20CuOS2. The van der Waals surface area contributed by atoms with E-state index in [1.807, 2.05) is 0 Å². The van der Waals surface area contributed by atoms with Crippen molar-refractivity contribution in [2.24, 2.45) is 0 Å². The fraction of sp³-hybridized carbons (Fsp3) is 0.889. The molecule has 0 unspecified atom stereocenters. The van der Waals surface area contributed by atoms with Crippen LogP contribution in [-0.2, 0) is 15.0 Å². The Labute approximate surface area is 99.3 Å². The van der Waals surface area contributed by atoms with E-state index in [-0.39, 0.29) is 4.38 Å². The van der Waals surface area contributed by atoms with Gasteiger partial charge in [0.25, 0.3) is 0 Å². The summed E-state index contributed by atoms with van der Waals surface area (Å²) >= 11 is 9.39. The number of aliphatic hydroxyl groups is 1. The van der Waals surface area contributed by atoms with E-state index in [9.17, 15) is 0 Å². The second kappa shape index (κ2) is 15.2. The molecule has 1 nitrogen and oxygen atoms in total. The molecule has 1 N–H and O–H groups in total. The van der Waals surface area contributed by atoms with Crippen LogP contribution in [0, 0.1) is 0 Å². The minimum absolute atomic E-state index is 0.306. The second-order valence-electron chi connectivity index (χ2n) is 2.44. The average Bonchev–Trinajstić information content (AvgIpc) is 2.03. The third-order valence-electron chi connectivity index (χ3n) is 1.13. The number of rotatable bonds is 6. The molecule has 0 rings (SSSR count). The summed E-state index contributed by atoms with van der Waals surface area (Å²) in [4.78, 5) is 0. The Bertz CT molecular complexity index is 99.8. The predicted octanol–water partition coefficient (Wildman–Crippen LogP) is 4.26. The van der Waals surface area contributed by atoms with Gasteiger partial charge < -0.3 is 5.11 Å². The first kappa shape index (κ1) is 16.2. The van der Waals surface area contributed by atoms with Crippen molar-refractivity contribution in [1.82, 2.24) is 0 Å². The van der Waals surface area contributed by atoms with Gasteiger partial charge in [-0.15, -0.1) is 0 Å². The Kier molecular flexibility index (Phi) is 19.0. The Balaban J connectivity index is 0. The van der Waals surface area contributed by atoms with Crippen LogP contribution in [0.3, 0.4) is 0 Å². The van der Waals surface area contributed by atoms with Gasteiger partial charge in [0.2, 0.25) is 4.38 Å². The summed E-state index contributed by atoms with van der Waals surface area (Å²) in [6.45, 7) is 4.50. The topological polar surface area (TPSA) is 20.2 Å². The van der Waals surface area contributed by atoms with Gasteiger partial charge in [-0.3, -0.25) is 0 Å². The van der Waals surface area contributed by atoms with Crippen LogP contribution in [0.15, 0.2) is 0 Å². The summed E-state index contributed by atoms with van der Waals surface area (Å²) in [7, 11) is 0. The first-order valence-electron chi connectivity index (χ1n) is 4.49. The number of thiol groups is 1. The van der Waals surface area contributed by atoms with Gasteiger partial charge in [0.15, 0.2) is 0 Å². The zero-order valence-corrected chi connectivity index (χ0v) is 11.0. The quantitative estimate of drug-likeness (QED) is 0.326. The summed E-state index contributed by atoms with van der Waals surface area (Å²) < 4.78 is -0.306. The molecule has 0 aromatic heterocycles. The molecule has 0 aromatic carbocycles. The van der Waals surface area contributed by atoms with Crippen molar-refractivity contribution in [3.63, 3.8) is 0 Å². The van der Waals surface area contributed by atoms with Crippen molar-refractivity contribution in [2.75, 3.05) is 0 Å². The van der Waals surface area contributed by atoms with Gasteiger partial charge in [0, 0.05) is 0 Å². The zero-order valence-electron chi connectivity index (χ0n) is 8.35. The Hall–Kier alpha value is 0.759. The van der Waals surface area contributed by atoms with Crippen molar-refractivity contribution < 1.29 is 20.1 Å².